The van der Waals surface area contributed by atoms with Crippen molar-refractivity contribution in [1.29, 1.82) is 5.26 Å². The first-order valence-electron chi connectivity index (χ1n) is 9.66. The quantitative estimate of drug-likeness (QED) is 0.166. The molecule has 0 atom stereocenters. The van der Waals surface area contributed by atoms with E-state index in [1.807, 2.05) is 18.2 Å². The van der Waals surface area contributed by atoms with Crippen molar-refractivity contribution in [2.45, 2.75) is 6.18 Å². The number of aromatic nitrogens is 2. The maximum atomic E-state index is 12.9. The number of hydrogen-bond donors (Lipinski definition) is 1. The van der Waals surface area contributed by atoms with Crippen LogP contribution in [0.2, 0.25) is 10.0 Å². The fraction of sp³-hybridized carbons (Fsp3) is 0.0435. The van der Waals surface area contributed by atoms with Crippen molar-refractivity contribution in [3.63, 3.8) is 0 Å². The Balaban J connectivity index is 1.69. The number of fused-ring (bicyclic) bond motifs is 1. The number of nitriles is 1. The molecule has 0 radical (unpaired) electrons. The van der Waals surface area contributed by atoms with Gasteiger partial charge in [-0.15, -0.1) is 0 Å². The molecule has 3 aromatic carbocycles. The summed E-state index contributed by atoms with van der Waals surface area (Å²) in [5.41, 5.74) is -0.133. The Labute approximate surface area is 205 Å². The van der Waals surface area contributed by atoms with Crippen LogP contribution in [0.25, 0.3) is 22.7 Å². The first-order chi connectivity index (χ1) is 16.6. The summed E-state index contributed by atoms with van der Waals surface area (Å²) in [7, 11) is 0. The van der Waals surface area contributed by atoms with Gasteiger partial charge in [0.1, 0.15) is 11.9 Å². The summed E-state index contributed by atoms with van der Waals surface area (Å²) in [5, 5.41) is 20.8. The highest BCUT2D eigenvalue weighted by atomic mass is 35.5. The number of ether oxygens (including phenoxy) is 1. The van der Waals surface area contributed by atoms with E-state index in [9.17, 15) is 28.5 Å². The number of nitrogens with one attached hydrogen (secondary N) is 1. The van der Waals surface area contributed by atoms with Gasteiger partial charge in [0.2, 0.25) is 5.75 Å². The molecule has 0 aliphatic rings. The summed E-state index contributed by atoms with van der Waals surface area (Å²) < 4.78 is 44.2. The molecule has 35 heavy (non-hydrogen) atoms. The van der Waals surface area contributed by atoms with Crippen LogP contribution in [0.4, 0.5) is 18.9 Å². The summed E-state index contributed by atoms with van der Waals surface area (Å²) in [6.07, 6.45) is -3.30. The predicted octanol–water partition coefficient (Wildman–Crippen LogP) is 7.65. The molecular formula is C23H11Cl2F3N4O3. The van der Waals surface area contributed by atoms with Crippen molar-refractivity contribution < 1.29 is 22.8 Å². The molecule has 1 heterocycles. The van der Waals surface area contributed by atoms with Crippen LogP contribution in [0, 0.1) is 21.4 Å². The van der Waals surface area contributed by atoms with Gasteiger partial charge in [0.05, 0.1) is 37.1 Å². The van der Waals surface area contributed by atoms with Crippen LogP contribution >= 0.6 is 23.2 Å². The van der Waals surface area contributed by atoms with Crippen molar-refractivity contribution >= 4 is 51.6 Å². The summed E-state index contributed by atoms with van der Waals surface area (Å²) in [6, 6.07) is 13.9. The van der Waals surface area contributed by atoms with E-state index in [1.54, 1.807) is 12.1 Å². The minimum atomic E-state index is -4.77. The smallest absolute Gasteiger partial charge is 0.416 e. The zero-order chi connectivity index (χ0) is 25.3. The largest absolute Gasteiger partial charge is 0.447 e. The van der Waals surface area contributed by atoms with Crippen LogP contribution in [0.1, 0.15) is 17.0 Å². The van der Waals surface area contributed by atoms with E-state index in [0.717, 1.165) is 11.6 Å². The highest BCUT2D eigenvalue weighted by Crippen LogP contribution is 2.42. The normalized spacial score (nSPS) is 11.9. The van der Waals surface area contributed by atoms with E-state index < -0.39 is 28.1 Å². The van der Waals surface area contributed by atoms with Crippen LogP contribution in [0.5, 0.6) is 11.5 Å². The lowest BCUT2D eigenvalue weighted by molar-refractivity contribution is -0.385. The molecule has 12 heteroatoms. The molecule has 0 bridgehead atoms. The third-order valence-electron chi connectivity index (χ3n) is 4.79. The molecule has 176 valence electrons. The van der Waals surface area contributed by atoms with E-state index in [2.05, 4.69) is 9.97 Å². The number of aromatic amines is 1. The molecule has 4 aromatic rings. The van der Waals surface area contributed by atoms with Gasteiger partial charge < -0.3 is 9.72 Å². The molecule has 0 aliphatic heterocycles. The van der Waals surface area contributed by atoms with Gasteiger partial charge in [0, 0.05) is 6.07 Å². The Bertz CT molecular complexity index is 1490. The van der Waals surface area contributed by atoms with Gasteiger partial charge in [-0.3, -0.25) is 10.1 Å². The minimum absolute atomic E-state index is 0.0835. The summed E-state index contributed by atoms with van der Waals surface area (Å²) >= 11 is 12.5. The zero-order valence-corrected chi connectivity index (χ0v) is 18.7. The summed E-state index contributed by atoms with van der Waals surface area (Å²) in [6.45, 7) is 0. The van der Waals surface area contributed by atoms with Crippen LogP contribution in [-0.2, 0) is 6.18 Å². The molecule has 0 saturated heterocycles. The average molecular weight is 519 g/mol. The van der Waals surface area contributed by atoms with Gasteiger partial charge in [0.25, 0.3) is 0 Å². The fourth-order valence-corrected chi connectivity index (χ4v) is 3.77. The average Bonchev–Trinajstić information content (AvgIpc) is 3.23. The number of allylic oxidation sites excluding steroid dienone is 1. The third-order valence-corrected chi connectivity index (χ3v) is 5.35. The van der Waals surface area contributed by atoms with E-state index in [1.165, 1.54) is 18.2 Å². The number of hydrogen-bond acceptors (Lipinski definition) is 5. The van der Waals surface area contributed by atoms with Gasteiger partial charge in [-0.05, 0) is 48.0 Å². The Kier molecular flexibility index (Phi) is 6.39. The standard InChI is InChI=1S/C23H11Cl2F3N4O3/c24-15-8-12(7-13(11-29)22-30-17-3-1-2-4-18(17)31-22)9-16(25)21(15)35-20-6-5-14(23(26,27)28)10-19(20)32(33)34/h1-10H,(H,30,31)/b13-7+. The number of nitro groups is 1. The van der Waals surface area contributed by atoms with Gasteiger partial charge in [-0.1, -0.05) is 35.3 Å². The second kappa shape index (κ2) is 9.29. The number of halogens is 5. The van der Waals surface area contributed by atoms with Crippen LogP contribution in [-0.4, -0.2) is 14.9 Å². The van der Waals surface area contributed by atoms with E-state index >= 15 is 0 Å². The Hall–Kier alpha value is -4.07. The number of nitro benzene ring substituents is 1. The number of imidazole rings is 1. The second-order valence-electron chi connectivity index (χ2n) is 7.13. The Morgan fingerprint density at radius 2 is 1.83 bits per heavy atom. The lowest BCUT2D eigenvalue weighted by Gasteiger charge is -2.12. The maximum Gasteiger partial charge on any atom is 0.416 e. The molecule has 4 rings (SSSR count). The molecule has 0 saturated carbocycles. The lowest BCUT2D eigenvalue weighted by atomic mass is 10.1. The number of nitrogens with zero attached hydrogens (tertiary/aromatic N) is 3. The number of benzene rings is 3. The van der Waals surface area contributed by atoms with Crippen molar-refractivity contribution in [3.8, 4) is 17.6 Å². The molecule has 0 spiro atoms. The number of alkyl halides is 3. The van der Waals surface area contributed by atoms with Gasteiger partial charge in [-0.25, -0.2) is 4.98 Å². The molecule has 7 nitrogen and oxygen atoms in total. The Morgan fingerprint density at radius 3 is 2.43 bits per heavy atom. The Morgan fingerprint density at radius 1 is 1.14 bits per heavy atom. The molecule has 0 amide bonds. The van der Waals surface area contributed by atoms with Crippen LogP contribution in [0.3, 0.4) is 0 Å². The molecule has 1 N–H and O–H groups in total. The molecule has 1 aromatic heterocycles. The monoisotopic (exact) mass is 518 g/mol. The van der Waals surface area contributed by atoms with Crippen LogP contribution in [0.15, 0.2) is 54.6 Å². The third kappa shape index (κ3) is 5.06. The lowest BCUT2D eigenvalue weighted by Crippen LogP contribution is -2.06. The molecular weight excluding hydrogens is 508 g/mol. The predicted molar refractivity (Wildman–Crippen MR) is 124 cm³/mol. The fourth-order valence-electron chi connectivity index (χ4n) is 3.19. The molecule has 0 unspecified atom stereocenters. The molecule has 0 aliphatic carbocycles. The molecule has 0 fully saturated rings. The van der Waals surface area contributed by atoms with Crippen molar-refractivity contribution in [2.24, 2.45) is 0 Å². The number of rotatable bonds is 5. The first-order valence-corrected chi connectivity index (χ1v) is 10.4. The van der Waals surface area contributed by atoms with E-state index in [-0.39, 0.29) is 21.4 Å². The topological polar surface area (TPSA) is 105 Å². The number of H-pyrrole nitrogens is 1. The highest BCUT2D eigenvalue weighted by Gasteiger charge is 2.33. The van der Waals surface area contributed by atoms with E-state index in [0.29, 0.717) is 29.0 Å². The maximum absolute atomic E-state index is 12.9. The summed E-state index contributed by atoms with van der Waals surface area (Å²) in [5.74, 6) is -0.354. The highest BCUT2D eigenvalue weighted by molar-refractivity contribution is 6.37. The van der Waals surface area contributed by atoms with Crippen molar-refractivity contribution in [2.75, 3.05) is 0 Å². The van der Waals surface area contributed by atoms with Gasteiger partial charge in [0.15, 0.2) is 5.75 Å². The zero-order valence-electron chi connectivity index (χ0n) is 17.2. The van der Waals surface area contributed by atoms with Crippen molar-refractivity contribution in [3.05, 3.63) is 91.7 Å². The van der Waals surface area contributed by atoms with Crippen LogP contribution < -0.4 is 4.74 Å². The van der Waals surface area contributed by atoms with E-state index in [4.69, 9.17) is 27.9 Å². The SMILES string of the molecule is N#C/C(=C\c1cc(Cl)c(Oc2ccc(C(F)(F)F)cc2[N+](=O)[O-])c(Cl)c1)c1nc2ccccc2[nH]1. The number of para-hydroxylation sites is 2. The first kappa shape index (κ1) is 24.1. The minimum Gasteiger partial charge on any atom is -0.447 e. The van der Waals surface area contributed by atoms with Gasteiger partial charge in [-0.2, -0.15) is 18.4 Å². The second-order valence-corrected chi connectivity index (χ2v) is 7.94. The van der Waals surface area contributed by atoms with Gasteiger partial charge >= 0.3 is 11.9 Å². The van der Waals surface area contributed by atoms with Crippen molar-refractivity contribution in [1.82, 2.24) is 9.97 Å². The summed E-state index contributed by atoms with van der Waals surface area (Å²) in [4.78, 5) is 17.7.